The fourth-order valence-electron chi connectivity index (χ4n) is 1.27. The largest absolute Gasteiger partial charge is 0.466 e. The van der Waals surface area contributed by atoms with Crippen molar-refractivity contribution in [3.05, 3.63) is 35.8 Å². The van der Waals surface area contributed by atoms with E-state index in [0.717, 1.165) is 17.1 Å². The fourth-order valence-corrected chi connectivity index (χ4v) is 1.27. The smallest absolute Gasteiger partial charge is 0.106 e. The van der Waals surface area contributed by atoms with E-state index in [1.807, 2.05) is 19.9 Å². The van der Waals surface area contributed by atoms with Crippen molar-refractivity contribution in [1.82, 2.24) is 0 Å². The van der Waals surface area contributed by atoms with E-state index < -0.39 is 6.10 Å². The zero-order valence-corrected chi connectivity index (χ0v) is 7.50. The molecule has 0 aliphatic heterocycles. The number of aliphatic hydroxyl groups is 1. The molecule has 0 fully saturated rings. The molecule has 2 heteroatoms. The summed E-state index contributed by atoms with van der Waals surface area (Å²) in [6.07, 6.45) is 1.80. The second-order valence-corrected chi connectivity index (χ2v) is 2.91. The lowest BCUT2D eigenvalue weighted by molar-refractivity contribution is 0.179. The highest BCUT2D eigenvalue weighted by Gasteiger charge is 2.12. The average molecular weight is 166 g/mol. The molecular formula is C10H14O2. The predicted octanol–water partition coefficient (Wildman–Crippen LogP) is 2.51. The molecule has 1 atom stereocenters. The molecule has 0 saturated heterocycles. The van der Waals surface area contributed by atoms with Crippen LogP contribution in [-0.2, 0) is 0 Å². The van der Waals surface area contributed by atoms with Crippen LogP contribution in [0.15, 0.2) is 23.1 Å². The summed E-state index contributed by atoms with van der Waals surface area (Å²) in [6, 6.07) is 1.86. The molecule has 1 aromatic heterocycles. The molecule has 0 saturated carbocycles. The van der Waals surface area contributed by atoms with Gasteiger partial charge in [0.15, 0.2) is 0 Å². The van der Waals surface area contributed by atoms with Gasteiger partial charge in [-0.2, -0.15) is 0 Å². The monoisotopic (exact) mass is 166 g/mol. The quantitative estimate of drug-likeness (QED) is 0.700. The van der Waals surface area contributed by atoms with Gasteiger partial charge in [0.1, 0.15) is 11.5 Å². The Bertz CT molecular complexity index is 273. The van der Waals surface area contributed by atoms with Gasteiger partial charge in [-0.3, -0.25) is 0 Å². The second-order valence-electron chi connectivity index (χ2n) is 2.91. The first-order valence-electron chi connectivity index (χ1n) is 4.01. The van der Waals surface area contributed by atoms with Gasteiger partial charge in [-0.1, -0.05) is 6.08 Å². The minimum atomic E-state index is -0.472. The van der Waals surface area contributed by atoms with Crippen LogP contribution in [-0.4, -0.2) is 5.11 Å². The third kappa shape index (κ3) is 1.77. The van der Waals surface area contributed by atoms with Crippen LogP contribution in [0.4, 0.5) is 0 Å². The summed E-state index contributed by atoms with van der Waals surface area (Å²) >= 11 is 0. The van der Waals surface area contributed by atoms with Crippen molar-refractivity contribution >= 4 is 0 Å². The molecule has 2 nitrogen and oxygen atoms in total. The number of aryl methyl sites for hydroxylation is 2. The van der Waals surface area contributed by atoms with Gasteiger partial charge in [0.25, 0.3) is 0 Å². The van der Waals surface area contributed by atoms with E-state index in [1.54, 1.807) is 6.08 Å². The summed E-state index contributed by atoms with van der Waals surface area (Å²) in [5.41, 5.74) is 0.868. The van der Waals surface area contributed by atoms with Crippen LogP contribution in [0, 0.1) is 13.8 Å². The first kappa shape index (κ1) is 9.07. The van der Waals surface area contributed by atoms with Gasteiger partial charge in [-0.25, -0.2) is 0 Å². The molecule has 0 amide bonds. The van der Waals surface area contributed by atoms with Gasteiger partial charge in [-0.15, -0.1) is 6.58 Å². The first-order chi connectivity index (χ1) is 5.65. The molecule has 1 rings (SSSR count). The molecule has 12 heavy (non-hydrogen) atoms. The summed E-state index contributed by atoms with van der Waals surface area (Å²) < 4.78 is 5.29. The zero-order chi connectivity index (χ0) is 9.14. The Morgan fingerprint density at radius 1 is 1.67 bits per heavy atom. The Morgan fingerprint density at radius 3 is 2.75 bits per heavy atom. The molecule has 0 spiro atoms. The Hall–Kier alpha value is -1.02. The summed E-state index contributed by atoms with van der Waals surface area (Å²) in [6.45, 7) is 7.30. The van der Waals surface area contributed by atoms with E-state index >= 15 is 0 Å². The van der Waals surface area contributed by atoms with Crippen LogP contribution >= 0.6 is 0 Å². The van der Waals surface area contributed by atoms with Gasteiger partial charge in [0, 0.05) is 5.56 Å². The molecule has 0 aromatic carbocycles. The minimum absolute atomic E-state index is 0.472. The van der Waals surface area contributed by atoms with Gasteiger partial charge in [0.2, 0.25) is 0 Å². The van der Waals surface area contributed by atoms with Gasteiger partial charge in [0.05, 0.1) is 6.10 Å². The van der Waals surface area contributed by atoms with Crippen molar-refractivity contribution in [2.45, 2.75) is 26.4 Å². The highest BCUT2D eigenvalue weighted by Crippen LogP contribution is 2.23. The van der Waals surface area contributed by atoms with Crippen molar-refractivity contribution in [2.75, 3.05) is 0 Å². The normalized spacial score (nSPS) is 12.9. The highest BCUT2D eigenvalue weighted by atomic mass is 16.3. The number of aliphatic hydroxyl groups excluding tert-OH is 1. The Labute approximate surface area is 72.5 Å². The number of rotatable bonds is 3. The number of hydrogen-bond acceptors (Lipinski definition) is 2. The van der Waals surface area contributed by atoms with Crippen molar-refractivity contribution in [2.24, 2.45) is 0 Å². The third-order valence-corrected chi connectivity index (χ3v) is 1.83. The van der Waals surface area contributed by atoms with E-state index in [1.165, 1.54) is 0 Å². The molecule has 1 aromatic rings. The van der Waals surface area contributed by atoms with Gasteiger partial charge >= 0.3 is 0 Å². The minimum Gasteiger partial charge on any atom is -0.466 e. The van der Waals surface area contributed by atoms with Crippen molar-refractivity contribution < 1.29 is 9.52 Å². The molecule has 66 valence electrons. The predicted molar refractivity (Wildman–Crippen MR) is 48.0 cm³/mol. The van der Waals surface area contributed by atoms with E-state index in [0.29, 0.717) is 6.42 Å². The molecule has 1 unspecified atom stereocenters. The lowest BCUT2D eigenvalue weighted by Crippen LogP contribution is -1.94. The average Bonchev–Trinajstić information content (AvgIpc) is 2.30. The maximum Gasteiger partial charge on any atom is 0.106 e. The van der Waals surface area contributed by atoms with Gasteiger partial charge < -0.3 is 9.52 Å². The van der Waals surface area contributed by atoms with E-state index in [-0.39, 0.29) is 0 Å². The van der Waals surface area contributed by atoms with Crippen LogP contribution in [0.2, 0.25) is 0 Å². The Morgan fingerprint density at radius 2 is 2.33 bits per heavy atom. The topological polar surface area (TPSA) is 33.4 Å². The highest BCUT2D eigenvalue weighted by molar-refractivity contribution is 5.22. The first-order valence-corrected chi connectivity index (χ1v) is 4.01. The number of furan rings is 1. The van der Waals surface area contributed by atoms with Crippen LogP contribution in [0.1, 0.15) is 29.6 Å². The van der Waals surface area contributed by atoms with E-state index in [4.69, 9.17) is 4.42 Å². The summed E-state index contributed by atoms with van der Waals surface area (Å²) in [5, 5.41) is 9.58. The second kappa shape index (κ2) is 3.59. The molecule has 0 aliphatic rings. The Kier molecular flexibility index (Phi) is 2.71. The van der Waals surface area contributed by atoms with Crippen LogP contribution in [0.3, 0.4) is 0 Å². The lowest BCUT2D eigenvalue weighted by atomic mass is 10.1. The molecule has 0 radical (unpaired) electrons. The van der Waals surface area contributed by atoms with Crippen molar-refractivity contribution in [3.63, 3.8) is 0 Å². The van der Waals surface area contributed by atoms with Crippen LogP contribution < -0.4 is 0 Å². The maximum atomic E-state index is 9.58. The van der Waals surface area contributed by atoms with Crippen LogP contribution in [0.25, 0.3) is 0 Å². The van der Waals surface area contributed by atoms with E-state index in [2.05, 4.69) is 6.58 Å². The van der Waals surface area contributed by atoms with Crippen molar-refractivity contribution in [3.8, 4) is 0 Å². The summed E-state index contributed by atoms with van der Waals surface area (Å²) in [5.74, 6) is 1.63. The molecule has 1 heterocycles. The Balaban J connectivity index is 2.85. The molecule has 0 aliphatic carbocycles. The summed E-state index contributed by atoms with van der Waals surface area (Å²) in [4.78, 5) is 0. The number of hydrogen-bond donors (Lipinski definition) is 1. The summed E-state index contributed by atoms with van der Waals surface area (Å²) in [7, 11) is 0. The fraction of sp³-hybridized carbons (Fsp3) is 0.400. The molecule has 0 bridgehead atoms. The van der Waals surface area contributed by atoms with Gasteiger partial charge in [-0.05, 0) is 26.3 Å². The zero-order valence-electron chi connectivity index (χ0n) is 7.50. The standard InChI is InChI=1S/C10H14O2/c1-4-5-10(11)9-6-7(2)12-8(9)3/h4,6,10-11H,1,5H2,2-3H3. The van der Waals surface area contributed by atoms with Crippen molar-refractivity contribution in [1.29, 1.82) is 0 Å². The van der Waals surface area contributed by atoms with E-state index in [9.17, 15) is 5.11 Å². The molecular weight excluding hydrogens is 152 g/mol. The third-order valence-electron chi connectivity index (χ3n) is 1.83. The molecule has 1 N–H and O–H groups in total. The SMILES string of the molecule is C=CCC(O)c1cc(C)oc1C. The van der Waals surface area contributed by atoms with Crippen LogP contribution in [0.5, 0.6) is 0 Å². The maximum absolute atomic E-state index is 9.58. The lowest BCUT2D eigenvalue weighted by Gasteiger charge is -2.04.